The Bertz CT molecular complexity index is 1960. The summed E-state index contributed by atoms with van der Waals surface area (Å²) in [4.78, 5) is 21.5. The number of rotatable bonds is 9. The molecule has 0 saturated carbocycles. The molecule has 0 aliphatic carbocycles. The molecule has 15 heteroatoms. The van der Waals surface area contributed by atoms with E-state index in [0.29, 0.717) is 27.9 Å². The lowest BCUT2D eigenvalue weighted by atomic mass is 9.86. The van der Waals surface area contributed by atoms with Gasteiger partial charge in [-0.1, -0.05) is 45.0 Å². The fourth-order valence-electron chi connectivity index (χ4n) is 4.31. The van der Waals surface area contributed by atoms with E-state index in [1.54, 1.807) is 61.5 Å². The molecule has 44 heavy (non-hydrogen) atoms. The number of methoxy groups -OCH3 is 1. The molecule has 0 fully saturated rings. The first kappa shape index (κ1) is 32.3. The van der Waals surface area contributed by atoms with Crippen molar-refractivity contribution in [3.05, 3.63) is 65.9 Å². The van der Waals surface area contributed by atoms with Crippen LogP contribution in [0.2, 0.25) is 0 Å². The van der Waals surface area contributed by atoms with E-state index in [1.807, 2.05) is 20.8 Å². The summed E-state index contributed by atoms with van der Waals surface area (Å²) in [5.74, 6) is 0.558. The zero-order chi connectivity index (χ0) is 32.4. The van der Waals surface area contributed by atoms with Gasteiger partial charge in [-0.15, -0.1) is 0 Å². The van der Waals surface area contributed by atoms with Gasteiger partial charge in [-0.25, -0.2) is 26.6 Å². The number of nitrogens with zero attached hydrogens (tertiary/aromatic N) is 2. The molecule has 0 aliphatic rings. The lowest BCUT2D eigenvalue weighted by molar-refractivity contribution is 0.262. The van der Waals surface area contributed by atoms with Crippen LogP contribution in [0.5, 0.6) is 17.4 Å². The molecular formula is C29H34N6O7S2. The summed E-state index contributed by atoms with van der Waals surface area (Å²) in [7, 11) is -5.85. The fourth-order valence-corrected chi connectivity index (χ4v) is 5.29. The average Bonchev–Trinajstić information content (AvgIpc) is 2.87. The Kier molecular flexibility index (Phi) is 8.93. The van der Waals surface area contributed by atoms with Gasteiger partial charge in [0.05, 0.1) is 36.7 Å². The van der Waals surface area contributed by atoms with Gasteiger partial charge in [0.1, 0.15) is 5.75 Å². The standard InChI is InChI=1S/C29H34N6O7S2/c1-17-14-25(33-27(30-17)35-44(7,39)40)42-24-13-12-21(19-10-8-9-11-20(19)24)31-28(36)32-22-15-18(29(2,3)4)16-23(26(22)41-5)34-43(6,37)38/h8-16,34H,1-7H3,(H,30,33,35)(H2,31,32,36). The van der Waals surface area contributed by atoms with E-state index < -0.39 is 26.1 Å². The summed E-state index contributed by atoms with van der Waals surface area (Å²) in [6.45, 7) is 7.57. The van der Waals surface area contributed by atoms with Crippen molar-refractivity contribution in [2.45, 2.75) is 33.1 Å². The maximum Gasteiger partial charge on any atom is 0.323 e. The number of amides is 2. The number of carbonyl (C=O) groups excluding carboxylic acids is 1. The first-order valence-corrected chi connectivity index (χ1v) is 17.0. The molecule has 0 unspecified atom stereocenters. The van der Waals surface area contributed by atoms with E-state index >= 15 is 0 Å². The lowest BCUT2D eigenvalue weighted by Gasteiger charge is -2.24. The molecular weight excluding hydrogens is 608 g/mol. The van der Waals surface area contributed by atoms with Gasteiger partial charge in [0.15, 0.2) is 5.75 Å². The molecule has 13 nitrogen and oxygen atoms in total. The highest BCUT2D eigenvalue weighted by molar-refractivity contribution is 7.92. The summed E-state index contributed by atoms with van der Waals surface area (Å²) in [5.41, 5.74) is 1.81. The van der Waals surface area contributed by atoms with Crippen LogP contribution in [0.4, 0.5) is 27.8 Å². The summed E-state index contributed by atoms with van der Waals surface area (Å²) < 4.78 is 63.6. The number of urea groups is 1. The van der Waals surface area contributed by atoms with E-state index in [9.17, 15) is 21.6 Å². The second-order valence-electron chi connectivity index (χ2n) is 11.1. The normalized spacial score (nSPS) is 12.0. The number of aromatic nitrogens is 2. The summed E-state index contributed by atoms with van der Waals surface area (Å²) >= 11 is 0. The summed E-state index contributed by atoms with van der Waals surface area (Å²) in [6.07, 6.45) is 2.03. The quantitative estimate of drug-likeness (QED) is 0.185. The second kappa shape index (κ2) is 12.2. The van der Waals surface area contributed by atoms with Crippen molar-refractivity contribution in [1.29, 1.82) is 0 Å². The number of hydrogen-bond acceptors (Lipinski definition) is 9. The highest BCUT2D eigenvalue weighted by atomic mass is 32.2. The Balaban J connectivity index is 1.66. The molecule has 4 rings (SSSR count). The zero-order valence-corrected chi connectivity index (χ0v) is 26.9. The van der Waals surface area contributed by atoms with Crippen molar-refractivity contribution in [1.82, 2.24) is 9.97 Å². The van der Waals surface area contributed by atoms with Crippen LogP contribution in [0.25, 0.3) is 10.8 Å². The number of aryl methyl sites for hydroxylation is 1. The molecule has 234 valence electrons. The molecule has 0 saturated heterocycles. The van der Waals surface area contributed by atoms with Crippen molar-refractivity contribution in [3.63, 3.8) is 0 Å². The number of fused-ring (bicyclic) bond motifs is 1. The fraction of sp³-hybridized carbons (Fsp3) is 0.276. The average molecular weight is 643 g/mol. The maximum atomic E-state index is 13.3. The molecule has 1 aromatic heterocycles. The number of ether oxygens (including phenoxy) is 2. The van der Waals surface area contributed by atoms with Gasteiger partial charge in [-0.3, -0.25) is 9.44 Å². The van der Waals surface area contributed by atoms with Crippen LogP contribution in [0.1, 0.15) is 32.0 Å². The third-order valence-electron chi connectivity index (χ3n) is 6.16. The van der Waals surface area contributed by atoms with Gasteiger partial charge in [0.25, 0.3) is 0 Å². The topological polar surface area (TPSA) is 178 Å². The monoisotopic (exact) mass is 642 g/mol. The highest BCUT2D eigenvalue weighted by Gasteiger charge is 2.22. The Morgan fingerprint density at radius 3 is 2.02 bits per heavy atom. The molecule has 0 aliphatic heterocycles. The van der Waals surface area contributed by atoms with Gasteiger partial charge in [0, 0.05) is 22.5 Å². The van der Waals surface area contributed by atoms with Gasteiger partial charge in [0.2, 0.25) is 31.9 Å². The third kappa shape index (κ3) is 8.26. The van der Waals surface area contributed by atoms with Gasteiger partial charge in [-0.05, 0) is 42.2 Å². The van der Waals surface area contributed by atoms with Crippen LogP contribution in [0, 0.1) is 6.92 Å². The zero-order valence-electron chi connectivity index (χ0n) is 25.3. The van der Waals surface area contributed by atoms with Crippen LogP contribution in [0.15, 0.2) is 54.6 Å². The molecule has 0 spiro atoms. The predicted octanol–water partition coefficient (Wildman–Crippen LogP) is 5.42. The molecule has 4 N–H and O–H groups in total. The molecule has 3 aromatic carbocycles. The van der Waals surface area contributed by atoms with Crippen LogP contribution in [-0.2, 0) is 25.5 Å². The minimum Gasteiger partial charge on any atom is -0.492 e. The Labute approximate surface area is 256 Å². The maximum absolute atomic E-state index is 13.3. The molecule has 1 heterocycles. The van der Waals surface area contributed by atoms with E-state index in [2.05, 4.69) is 30.0 Å². The van der Waals surface area contributed by atoms with Gasteiger partial charge in [-0.2, -0.15) is 4.98 Å². The molecule has 4 aromatic rings. The van der Waals surface area contributed by atoms with Gasteiger partial charge < -0.3 is 20.1 Å². The highest BCUT2D eigenvalue weighted by Crippen LogP contribution is 2.40. The Morgan fingerprint density at radius 2 is 1.41 bits per heavy atom. The lowest BCUT2D eigenvalue weighted by Crippen LogP contribution is -2.22. The minimum atomic E-state index is -3.64. The number of carbonyl (C=O) groups is 1. The van der Waals surface area contributed by atoms with E-state index in [1.165, 1.54) is 7.11 Å². The van der Waals surface area contributed by atoms with E-state index in [0.717, 1.165) is 18.1 Å². The third-order valence-corrected chi connectivity index (χ3v) is 7.30. The van der Waals surface area contributed by atoms with Crippen LogP contribution >= 0.6 is 0 Å². The van der Waals surface area contributed by atoms with E-state index in [-0.39, 0.29) is 34.4 Å². The molecule has 0 atom stereocenters. The van der Waals surface area contributed by atoms with Crippen LogP contribution in [0.3, 0.4) is 0 Å². The Hall–Kier alpha value is -4.63. The van der Waals surface area contributed by atoms with Crippen molar-refractivity contribution in [3.8, 4) is 17.4 Å². The predicted molar refractivity (Wildman–Crippen MR) is 172 cm³/mol. The van der Waals surface area contributed by atoms with E-state index in [4.69, 9.17) is 9.47 Å². The number of anilines is 4. The molecule has 2 amide bonds. The molecule has 0 bridgehead atoms. The first-order valence-electron chi connectivity index (χ1n) is 13.2. The van der Waals surface area contributed by atoms with Crippen molar-refractivity contribution in [2.24, 2.45) is 0 Å². The molecule has 0 radical (unpaired) electrons. The smallest absolute Gasteiger partial charge is 0.323 e. The number of hydrogen-bond donors (Lipinski definition) is 4. The van der Waals surface area contributed by atoms with Gasteiger partial charge >= 0.3 is 6.03 Å². The van der Waals surface area contributed by atoms with Crippen molar-refractivity contribution in [2.75, 3.05) is 39.7 Å². The largest absolute Gasteiger partial charge is 0.492 e. The minimum absolute atomic E-state index is 0.122. The first-order chi connectivity index (χ1) is 20.4. The summed E-state index contributed by atoms with van der Waals surface area (Å²) in [5, 5.41) is 6.92. The van der Waals surface area contributed by atoms with Crippen LogP contribution < -0.4 is 29.6 Å². The van der Waals surface area contributed by atoms with Crippen LogP contribution in [-0.4, -0.2) is 52.5 Å². The number of nitrogens with one attached hydrogen (secondary N) is 4. The Morgan fingerprint density at radius 1 is 0.795 bits per heavy atom. The second-order valence-corrected chi connectivity index (χ2v) is 14.6. The van der Waals surface area contributed by atoms with Crippen molar-refractivity contribution < 1.29 is 31.1 Å². The summed E-state index contributed by atoms with van der Waals surface area (Å²) in [6, 6.07) is 14.9. The SMILES string of the molecule is COc1c(NC(=O)Nc2ccc(Oc3cc(C)nc(NS(C)(=O)=O)n3)c3ccccc23)cc(C(C)(C)C)cc1NS(C)(=O)=O. The van der Waals surface area contributed by atoms with Crippen molar-refractivity contribution >= 4 is 59.9 Å². The number of sulfonamides is 2. The number of benzene rings is 3.